The maximum atomic E-state index is 3.79. The predicted octanol–water partition coefficient (Wildman–Crippen LogP) is 10.7. The average Bonchev–Trinajstić information content (AvgIpc) is 3.33. The van der Waals surface area contributed by atoms with E-state index in [-0.39, 0.29) is 0 Å². The number of rotatable bonds is 5. The topological polar surface area (TPSA) is 8.17 Å². The van der Waals surface area contributed by atoms with Gasteiger partial charge >= 0.3 is 0 Å². The lowest BCUT2D eigenvalue weighted by Gasteiger charge is -2.26. The number of fused-ring (bicyclic) bond motifs is 3. The lowest BCUT2D eigenvalue weighted by atomic mass is 10.0. The number of para-hydroxylation sites is 4. The van der Waals surface area contributed by atoms with Gasteiger partial charge < -0.3 is 9.47 Å². The minimum atomic E-state index is 1.04. The Morgan fingerprint density at radius 2 is 0.949 bits per heavy atom. The van der Waals surface area contributed by atoms with Gasteiger partial charge in [-0.15, -0.1) is 0 Å². The average molecular weight is 566 g/mol. The third-order valence-electron chi connectivity index (χ3n) is 7.21. The van der Waals surface area contributed by atoms with Crippen LogP contribution in [0.4, 0.5) is 17.1 Å². The van der Waals surface area contributed by atoms with Gasteiger partial charge in [0.1, 0.15) is 0 Å². The van der Waals surface area contributed by atoms with E-state index in [2.05, 4.69) is 177 Å². The fourth-order valence-corrected chi connectivity index (χ4v) is 5.96. The summed E-state index contributed by atoms with van der Waals surface area (Å²) in [7, 11) is 0. The van der Waals surface area contributed by atoms with E-state index in [4.69, 9.17) is 0 Å². The molecule has 0 bridgehead atoms. The van der Waals surface area contributed by atoms with Crippen molar-refractivity contribution in [2.24, 2.45) is 0 Å². The number of hydrogen-bond acceptors (Lipinski definition) is 1. The molecular formula is C36H25BrN2. The monoisotopic (exact) mass is 564 g/mol. The van der Waals surface area contributed by atoms with Gasteiger partial charge in [0.25, 0.3) is 0 Å². The number of aromatic nitrogens is 1. The molecule has 1 heterocycles. The molecule has 7 aromatic rings. The van der Waals surface area contributed by atoms with Crippen molar-refractivity contribution in [2.75, 3.05) is 4.90 Å². The van der Waals surface area contributed by atoms with Crippen LogP contribution in [0.1, 0.15) is 0 Å². The Labute approximate surface area is 236 Å². The lowest BCUT2D eigenvalue weighted by molar-refractivity contribution is 1.18. The van der Waals surface area contributed by atoms with Gasteiger partial charge in [0.2, 0.25) is 0 Å². The Morgan fingerprint density at radius 1 is 0.436 bits per heavy atom. The summed E-state index contributed by atoms with van der Waals surface area (Å²) < 4.78 is 3.39. The van der Waals surface area contributed by atoms with Crippen LogP contribution >= 0.6 is 15.9 Å². The van der Waals surface area contributed by atoms with Crippen LogP contribution in [-0.4, -0.2) is 4.57 Å². The first kappa shape index (κ1) is 23.5. The van der Waals surface area contributed by atoms with Gasteiger partial charge in [-0.2, -0.15) is 0 Å². The Morgan fingerprint density at radius 3 is 1.51 bits per heavy atom. The molecule has 7 rings (SSSR count). The standard InChI is InChI=1S/C36H25BrN2/c37-28-23-27(24-32(25-28)38(29-11-3-1-4-12-29)30-13-5-2-6-14-30)26-19-21-31(22-20-26)39-35-17-9-7-15-33(35)34-16-8-10-18-36(34)39/h1-25H. The Balaban J connectivity index is 1.32. The summed E-state index contributed by atoms with van der Waals surface area (Å²) in [6.45, 7) is 0. The van der Waals surface area contributed by atoms with E-state index in [9.17, 15) is 0 Å². The molecule has 2 nitrogen and oxygen atoms in total. The summed E-state index contributed by atoms with van der Waals surface area (Å²) in [5.41, 5.74) is 9.26. The highest BCUT2D eigenvalue weighted by molar-refractivity contribution is 9.10. The second-order valence-corrected chi connectivity index (χ2v) is 10.5. The first-order valence-electron chi connectivity index (χ1n) is 13.1. The highest BCUT2D eigenvalue weighted by Gasteiger charge is 2.15. The second-order valence-electron chi connectivity index (χ2n) is 9.62. The molecule has 0 radical (unpaired) electrons. The van der Waals surface area contributed by atoms with E-state index in [1.54, 1.807) is 0 Å². The van der Waals surface area contributed by atoms with Crippen LogP contribution in [0, 0.1) is 0 Å². The molecule has 0 spiro atoms. The molecule has 0 aliphatic heterocycles. The molecule has 0 saturated heterocycles. The van der Waals surface area contributed by atoms with Crippen LogP contribution in [0.5, 0.6) is 0 Å². The molecule has 0 N–H and O–H groups in total. The summed E-state index contributed by atoms with van der Waals surface area (Å²) in [5.74, 6) is 0. The zero-order valence-corrected chi connectivity index (χ0v) is 22.8. The van der Waals surface area contributed by atoms with E-state index in [0.29, 0.717) is 0 Å². The highest BCUT2D eigenvalue weighted by atomic mass is 79.9. The Bertz CT molecular complexity index is 1810. The van der Waals surface area contributed by atoms with Crippen molar-refractivity contribution in [3.8, 4) is 16.8 Å². The zero-order valence-electron chi connectivity index (χ0n) is 21.2. The predicted molar refractivity (Wildman–Crippen MR) is 169 cm³/mol. The van der Waals surface area contributed by atoms with Crippen molar-refractivity contribution in [1.82, 2.24) is 4.57 Å². The molecule has 39 heavy (non-hydrogen) atoms. The van der Waals surface area contributed by atoms with Crippen molar-refractivity contribution in [2.45, 2.75) is 0 Å². The third-order valence-corrected chi connectivity index (χ3v) is 7.67. The van der Waals surface area contributed by atoms with Crippen molar-refractivity contribution < 1.29 is 0 Å². The molecule has 3 heteroatoms. The van der Waals surface area contributed by atoms with Crippen LogP contribution in [0.2, 0.25) is 0 Å². The van der Waals surface area contributed by atoms with Gasteiger partial charge in [-0.05, 0) is 77.9 Å². The van der Waals surface area contributed by atoms with Crippen LogP contribution in [0.3, 0.4) is 0 Å². The maximum absolute atomic E-state index is 3.79. The molecule has 0 unspecified atom stereocenters. The lowest BCUT2D eigenvalue weighted by Crippen LogP contribution is -2.09. The van der Waals surface area contributed by atoms with Crippen LogP contribution in [-0.2, 0) is 0 Å². The zero-order chi connectivity index (χ0) is 26.2. The van der Waals surface area contributed by atoms with Gasteiger partial charge in [-0.25, -0.2) is 0 Å². The highest BCUT2D eigenvalue weighted by Crippen LogP contribution is 2.39. The Kier molecular flexibility index (Phi) is 5.99. The van der Waals surface area contributed by atoms with E-state index >= 15 is 0 Å². The molecule has 0 aliphatic carbocycles. The van der Waals surface area contributed by atoms with Gasteiger partial charge in [0.15, 0.2) is 0 Å². The number of hydrogen-bond donors (Lipinski definition) is 0. The van der Waals surface area contributed by atoms with E-state index in [1.165, 1.54) is 27.4 Å². The SMILES string of the molecule is Brc1cc(-c2ccc(-n3c4ccccc4c4ccccc43)cc2)cc(N(c2ccccc2)c2ccccc2)c1. The van der Waals surface area contributed by atoms with Crippen LogP contribution in [0.15, 0.2) is 156 Å². The number of benzene rings is 6. The fourth-order valence-electron chi connectivity index (χ4n) is 5.47. The van der Waals surface area contributed by atoms with Crippen molar-refractivity contribution in [3.05, 3.63) is 156 Å². The summed E-state index contributed by atoms with van der Waals surface area (Å²) in [6.07, 6.45) is 0. The van der Waals surface area contributed by atoms with E-state index in [0.717, 1.165) is 32.8 Å². The van der Waals surface area contributed by atoms with Gasteiger partial charge in [-0.3, -0.25) is 0 Å². The van der Waals surface area contributed by atoms with Gasteiger partial charge in [0, 0.05) is 38.0 Å². The first-order valence-corrected chi connectivity index (χ1v) is 13.9. The van der Waals surface area contributed by atoms with Crippen LogP contribution < -0.4 is 4.90 Å². The minimum Gasteiger partial charge on any atom is -0.310 e. The second kappa shape index (κ2) is 9.94. The molecule has 1 aromatic heterocycles. The number of halogens is 1. The van der Waals surface area contributed by atoms with Crippen molar-refractivity contribution >= 4 is 54.8 Å². The fraction of sp³-hybridized carbons (Fsp3) is 0. The quantitative estimate of drug-likeness (QED) is 0.202. The molecule has 0 aliphatic rings. The molecule has 0 saturated carbocycles. The number of nitrogens with zero attached hydrogens (tertiary/aromatic N) is 2. The van der Waals surface area contributed by atoms with Crippen molar-refractivity contribution in [1.29, 1.82) is 0 Å². The molecule has 0 atom stereocenters. The first-order chi connectivity index (χ1) is 19.3. The number of anilines is 3. The molecular weight excluding hydrogens is 540 g/mol. The molecule has 6 aromatic carbocycles. The van der Waals surface area contributed by atoms with Crippen molar-refractivity contribution in [3.63, 3.8) is 0 Å². The summed E-state index contributed by atoms with van der Waals surface area (Å²) in [6, 6.07) is 53.8. The van der Waals surface area contributed by atoms with Gasteiger partial charge in [-0.1, -0.05) is 101 Å². The summed E-state index contributed by atoms with van der Waals surface area (Å²) in [5, 5.41) is 2.55. The minimum absolute atomic E-state index is 1.04. The largest absolute Gasteiger partial charge is 0.310 e. The summed E-state index contributed by atoms with van der Waals surface area (Å²) >= 11 is 3.79. The van der Waals surface area contributed by atoms with Gasteiger partial charge in [0.05, 0.1) is 11.0 Å². The van der Waals surface area contributed by atoms with E-state index in [1.807, 2.05) is 0 Å². The van der Waals surface area contributed by atoms with E-state index < -0.39 is 0 Å². The Hall–Kier alpha value is -4.60. The molecule has 0 amide bonds. The normalized spacial score (nSPS) is 11.2. The summed E-state index contributed by atoms with van der Waals surface area (Å²) in [4.78, 5) is 2.29. The smallest absolute Gasteiger partial charge is 0.0541 e. The molecule has 0 fully saturated rings. The third kappa shape index (κ3) is 4.31. The maximum Gasteiger partial charge on any atom is 0.0541 e. The van der Waals surface area contributed by atoms with Crippen LogP contribution in [0.25, 0.3) is 38.6 Å². The molecule has 186 valence electrons.